The van der Waals surface area contributed by atoms with Gasteiger partial charge in [0.05, 0.1) is 17.4 Å². The summed E-state index contributed by atoms with van der Waals surface area (Å²) >= 11 is 0. The average Bonchev–Trinajstić information content (AvgIpc) is 3.16. The van der Waals surface area contributed by atoms with Crippen molar-refractivity contribution < 1.29 is 4.79 Å². The maximum absolute atomic E-state index is 13.7. The van der Waals surface area contributed by atoms with Crippen LogP contribution in [0.5, 0.6) is 0 Å². The van der Waals surface area contributed by atoms with Crippen LogP contribution in [0.4, 0.5) is 0 Å². The van der Waals surface area contributed by atoms with Crippen molar-refractivity contribution in [1.82, 2.24) is 24.1 Å². The number of aromatic nitrogens is 4. The molecule has 1 amide bonds. The molecule has 190 valence electrons. The zero-order valence-electron chi connectivity index (χ0n) is 22.0. The molecule has 0 saturated carbocycles. The lowest BCUT2D eigenvalue weighted by molar-refractivity contribution is 0.0939. The molecule has 0 bridgehead atoms. The molecule has 4 rings (SSSR count). The lowest BCUT2D eigenvalue weighted by atomic mass is 10.1. The van der Waals surface area contributed by atoms with E-state index in [1.165, 1.54) is 9.08 Å². The second-order valence-corrected chi connectivity index (χ2v) is 10.2. The molecule has 4 aromatic rings. The molecule has 1 N–H and O–H groups in total. The number of amides is 1. The molecule has 0 unspecified atom stereocenters. The van der Waals surface area contributed by atoms with Gasteiger partial charge >= 0.3 is 5.69 Å². The lowest BCUT2D eigenvalue weighted by Crippen LogP contribution is -2.32. The Kier molecular flexibility index (Phi) is 7.15. The van der Waals surface area contributed by atoms with Crippen molar-refractivity contribution in [2.75, 3.05) is 0 Å². The largest absolute Gasteiger partial charge is 0.352 e. The van der Waals surface area contributed by atoms with Gasteiger partial charge in [-0.25, -0.2) is 13.9 Å². The van der Waals surface area contributed by atoms with Gasteiger partial charge in [0.15, 0.2) is 0 Å². The maximum atomic E-state index is 13.7. The van der Waals surface area contributed by atoms with Gasteiger partial charge in [0.25, 0.3) is 11.5 Å². The third kappa shape index (κ3) is 4.85. The van der Waals surface area contributed by atoms with Crippen LogP contribution in [-0.4, -0.2) is 30.7 Å². The van der Waals surface area contributed by atoms with E-state index >= 15 is 0 Å². The molecule has 2 aromatic carbocycles. The minimum atomic E-state index is -0.339. The van der Waals surface area contributed by atoms with Crippen molar-refractivity contribution in [3.05, 3.63) is 79.5 Å². The lowest BCUT2D eigenvalue weighted by Gasteiger charge is -2.13. The first-order chi connectivity index (χ1) is 17.1. The van der Waals surface area contributed by atoms with Gasteiger partial charge in [-0.15, -0.1) is 5.10 Å². The fourth-order valence-electron chi connectivity index (χ4n) is 4.29. The second kappa shape index (κ2) is 10.1. The number of hydrogen-bond acceptors (Lipinski definition) is 4. The molecule has 8 heteroatoms. The second-order valence-electron chi connectivity index (χ2n) is 10.2. The van der Waals surface area contributed by atoms with E-state index in [0.29, 0.717) is 41.3 Å². The van der Waals surface area contributed by atoms with Crippen molar-refractivity contribution in [2.24, 2.45) is 5.92 Å². The Morgan fingerprint density at radius 2 is 1.81 bits per heavy atom. The maximum Gasteiger partial charge on any atom is 0.352 e. The molecular formula is C28H35N5O3. The Hall–Kier alpha value is -3.68. The van der Waals surface area contributed by atoms with Gasteiger partial charge in [0.1, 0.15) is 0 Å². The molecule has 0 aliphatic carbocycles. The molecular weight excluding hydrogens is 454 g/mol. The first kappa shape index (κ1) is 25.4. The highest BCUT2D eigenvalue weighted by Gasteiger charge is 2.20. The summed E-state index contributed by atoms with van der Waals surface area (Å²) in [5.41, 5.74) is 3.40. The number of carbonyl (C=O) groups is 1. The first-order valence-electron chi connectivity index (χ1n) is 12.6. The summed E-state index contributed by atoms with van der Waals surface area (Å²) in [5.74, 6) is 0.435. The van der Waals surface area contributed by atoms with E-state index in [2.05, 4.69) is 24.3 Å². The van der Waals surface area contributed by atoms with Crippen LogP contribution in [0.2, 0.25) is 0 Å². The third-order valence-corrected chi connectivity index (χ3v) is 6.78. The van der Waals surface area contributed by atoms with Crippen molar-refractivity contribution >= 4 is 22.6 Å². The van der Waals surface area contributed by atoms with Gasteiger partial charge in [-0.1, -0.05) is 44.5 Å². The Morgan fingerprint density at radius 1 is 1.06 bits per heavy atom. The van der Waals surface area contributed by atoms with Crippen LogP contribution in [-0.2, 0) is 13.1 Å². The summed E-state index contributed by atoms with van der Waals surface area (Å²) in [4.78, 5) is 40.1. The minimum Gasteiger partial charge on any atom is -0.350 e. The summed E-state index contributed by atoms with van der Waals surface area (Å²) in [5, 5.41) is 7.97. The third-order valence-electron chi connectivity index (χ3n) is 6.78. The van der Waals surface area contributed by atoms with E-state index < -0.39 is 0 Å². The highest BCUT2D eigenvalue weighted by molar-refractivity contribution is 5.98. The molecule has 0 spiro atoms. The highest BCUT2D eigenvalue weighted by atomic mass is 16.2. The van der Waals surface area contributed by atoms with E-state index in [0.717, 1.165) is 29.5 Å². The zero-order chi connectivity index (χ0) is 26.1. The quantitative estimate of drug-likeness (QED) is 0.404. The molecule has 0 radical (unpaired) electrons. The van der Waals surface area contributed by atoms with Crippen LogP contribution >= 0.6 is 0 Å². The predicted octanol–water partition coefficient (Wildman–Crippen LogP) is 4.05. The summed E-state index contributed by atoms with van der Waals surface area (Å²) < 4.78 is 4.47. The van der Waals surface area contributed by atoms with Gasteiger partial charge in [0, 0.05) is 18.2 Å². The number of fused-ring (bicyclic) bond motifs is 3. The number of carbonyl (C=O) groups excluding carboxylic acids is 1. The number of benzene rings is 2. The van der Waals surface area contributed by atoms with Gasteiger partial charge in [-0.2, -0.15) is 0 Å². The van der Waals surface area contributed by atoms with Gasteiger partial charge in [-0.05, 0) is 68.9 Å². The standard InChI is InChI=1S/C28H35N5O3/c1-7-20(6)29-25(34)21-10-11-23-24(15-21)33-27(31(26(23)35)13-12-17(2)3)30-32(28(33)36)16-22-14-18(4)8-9-19(22)5/h8-11,14-15,17,20H,7,12-13,16H2,1-6H3,(H,29,34)/t20-/m0/s1. The van der Waals surface area contributed by atoms with Crippen LogP contribution < -0.4 is 16.6 Å². The topological polar surface area (TPSA) is 90.4 Å². The number of rotatable bonds is 8. The van der Waals surface area contributed by atoms with Crippen LogP contribution in [0.25, 0.3) is 16.7 Å². The molecule has 2 heterocycles. The number of nitrogens with one attached hydrogen (secondary N) is 1. The van der Waals surface area contributed by atoms with E-state index in [9.17, 15) is 14.4 Å². The Morgan fingerprint density at radius 3 is 2.50 bits per heavy atom. The van der Waals surface area contributed by atoms with E-state index in [1.807, 2.05) is 45.9 Å². The van der Waals surface area contributed by atoms with Crippen LogP contribution in [0.3, 0.4) is 0 Å². The molecule has 2 aromatic heterocycles. The van der Waals surface area contributed by atoms with E-state index in [-0.39, 0.29) is 23.2 Å². The van der Waals surface area contributed by atoms with E-state index in [4.69, 9.17) is 0 Å². The fourth-order valence-corrected chi connectivity index (χ4v) is 4.29. The molecule has 0 aliphatic heterocycles. The SMILES string of the molecule is CC[C@H](C)NC(=O)c1ccc2c(=O)n(CCC(C)C)c3nn(Cc4cc(C)ccc4C)c(=O)n3c2c1. The van der Waals surface area contributed by atoms with Gasteiger partial charge in [-0.3, -0.25) is 14.2 Å². The molecule has 8 nitrogen and oxygen atoms in total. The van der Waals surface area contributed by atoms with Crippen LogP contribution in [0, 0.1) is 19.8 Å². The summed E-state index contributed by atoms with van der Waals surface area (Å²) in [6.07, 6.45) is 1.57. The Labute approximate surface area is 210 Å². The fraction of sp³-hybridized carbons (Fsp3) is 0.429. The number of aryl methyl sites for hydroxylation is 3. The monoisotopic (exact) mass is 489 g/mol. The van der Waals surface area contributed by atoms with Crippen molar-refractivity contribution in [3.63, 3.8) is 0 Å². The van der Waals surface area contributed by atoms with Gasteiger partial charge in [0.2, 0.25) is 5.78 Å². The number of nitrogens with zero attached hydrogens (tertiary/aromatic N) is 4. The predicted molar refractivity (Wildman–Crippen MR) is 143 cm³/mol. The average molecular weight is 490 g/mol. The smallest absolute Gasteiger partial charge is 0.350 e. The van der Waals surface area contributed by atoms with Crippen LogP contribution in [0.1, 0.15) is 67.6 Å². The summed E-state index contributed by atoms with van der Waals surface area (Å²) in [6.45, 7) is 12.9. The van der Waals surface area contributed by atoms with Crippen molar-refractivity contribution in [3.8, 4) is 0 Å². The van der Waals surface area contributed by atoms with Gasteiger partial charge < -0.3 is 5.32 Å². The normalized spacial score (nSPS) is 12.5. The Balaban J connectivity index is 1.95. The van der Waals surface area contributed by atoms with Crippen molar-refractivity contribution in [2.45, 2.75) is 73.5 Å². The zero-order valence-corrected chi connectivity index (χ0v) is 22.0. The molecule has 36 heavy (non-hydrogen) atoms. The summed E-state index contributed by atoms with van der Waals surface area (Å²) in [7, 11) is 0. The van der Waals surface area contributed by atoms with Crippen LogP contribution in [0.15, 0.2) is 46.0 Å². The molecule has 1 atom stereocenters. The highest BCUT2D eigenvalue weighted by Crippen LogP contribution is 2.17. The molecule has 0 aliphatic rings. The first-order valence-corrected chi connectivity index (χ1v) is 12.6. The Bertz CT molecular complexity index is 1560. The molecule has 0 saturated heterocycles. The van der Waals surface area contributed by atoms with E-state index in [1.54, 1.807) is 22.8 Å². The molecule has 0 fully saturated rings. The summed E-state index contributed by atoms with van der Waals surface area (Å²) in [6, 6.07) is 11.0. The number of hydrogen-bond donors (Lipinski definition) is 1. The van der Waals surface area contributed by atoms with Crippen molar-refractivity contribution in [1.29, 1.82) is 0 Å². The minimum absolute atomic E-state index is 0.0142.